The number of benzene rings is 1. The number of nitrogens with zero attached hydrogens (tertiary/aromatic N) is 1. The number of pyridine rings is 1. The van der Waals surface area contributed by atoms with Gasteiger partial charge in [-0.25, -0.2) is 9.18 Å². The van der Waals surface area contributed by atoms with E-state index >= 15 is 0 Å². The maximum absolute atomic E-state index is 12.9. The SMILES string of the molecule is O=C(Nc1ccc(O)c(C(=O)O)c1)c1cncc(F)c1. The van der Waals surface area contributed by atoms with E-state index in [1.807, 2.05) is 0 Å². The standard InChI is InChI=1S/C13H9FN2O4/c14-8-3-7(5-15-6-8)12(18)16-9-1-2-11(17)10(4-9)13(19)20/h1-6,17H,(H,16,18)(H,19,20). The van der Waals surface area contributed by atoms with E-state index < -0.39 is 23.4 Å². The highest BCUT2D eigenvalue weighted by molar-refractivity contribution is 6.04. The third kappa shape index (κ3) is 2.89. The van der Waals surface area contributed by atoms with Crippen molar-refractivity contribution in [1.82, 2.24) is 4.98 Å². The van der Waals surface area contributed by atoms with Gasteiger partial charge in [-0.1, -0.05) is 0 Å². The van der Waals surface area contributed by atoms with Crippen LogP contribution in [0.2, 0.25) is 0 Å². The van der Waals surface area contributed by atoms with Gasteiger partial charge in [-0.3, -0.25) is 9.78 Å². The Balaban J connectivity index is 2.24. The van der Waals surface area contributed by atoms with Gasteiger partial charge in [-0.2, -0.15) is 0 Å². The molecular formula is C13H9FN2O4. The highest BCUT2D eigenvalue weighted by Gasteiger charge is 2.12. The molecule has 0 saturated carbocycles. The first-order valence-electron chi connectivity index (χ1n) is 5.45. The van der Waals surface area contributed by atoms with E-state index in [1.54, 1.807) is 0 Å². The van der Waals surface area contributed by atoms with Gasteiger partial charge in [0.2, 0.25) is 0 Å². The molecule has 2 aromatic rings. The molecule has 0 unspecified atom stereocenters. The second kappa shape index (κ2) is 5.35. The van der Waals surface area contributed by atoms with Gasteiger partial charge < -0.3 is 15.5 Å². The molecule has 7 heteroatoms. The van der Waals surface area contributed by atoms with E-state index in [0.29, 0.717) is 0 Å². The number of hydrogen-bond donors (Lipinski definition) is 3. The number of carboxylic acid groups (broad SMARTS) is 1. The van der Waals surface area contributed by atoms with Crippen molar-refractivity contribution in [2.75, 3.05) is 5.32 Å². The second-order valence-electron chi connectivity index (χ2n) is 3.88. The molecular weight excluding hydrogens is 267 g/mol. The van der Waals surface area contributed by atoms with Gasteiger partial charge in [-0.15, -0.1) is 0 Å². The first-order valence-corrected chi connectivity index (χ1v) is 5.45. The minimum absolute atomic E-state index is 0.00468. The molecule has 0 aliphatic heterocycles. The first-order chi connectivity index (χ1) is 9.47. The molecule has 0 spiro atoms. The molecule has 0 aliphatic carbocycles. The largest absolute Gasteiger partial charge is 0.507 e. The number of hydrogen-bond acceptors (Lipinski definition) is 4. The summed E-state index contributed by atoms with van der Waals surface area (Å²) < 4.78 is 12.9. The van der Waals surface area contributed by atoms with Crippen LogP contribution in [0.4, 0.5) is 10.1 Å². The molecule has 2 rings (SSSR count). The van der Waals surface area contributed by atoms with Crippen molar-refractivity contribution in [3.63, 3.8) is 0 Å². The zero-order chi connectivity index (χ0) is 14.7. The molecule has 20 heavy (non-hydrogen) atoms. The lowest BCUT2D eigenvalue weighted by atomic mass is 10.1. The molecule has 1 aromatic carbocycles. The van der Waals surface area contributed by atoms with Crippen molar-refractivity contribution in [2.24, 2.45) is 0 Å². The number of carboxylic acids is 1. The number of halogens is 1. The van der Waals surface area contributed by atoms with E-state index in [2.05, 4.69) is 10.3 Å². The van der Waals surface area contributed by atoms with Crippen molar-refractivity contribution < 1.29 is 24.2 Å². The van der Waals surface area contributed by atoms with Crippen LogP contribution in [0.25, 0.3) is 0 Å². The van der Waals surface area contributed by atoms with Crippen LogP contribution in [-0.4, -0.2) is 27.1 Å². The Hall–Kier alpha value is -2.96. The Labute approximate surface area is 112 Å². The quantitative estimate of drug-likeness (QED) is 0.743. The molecule has 0 saturated heterocycles. The smallest absolute Gasteiger partial charge is 0.339 e. The minimum atomic E-state index is -1.33. The molecule has 6 nitrogen and oxygen atoms in total. The van der Waals surface area contributed by atoms with Crippen molar-refractivity contribution >= 4 is 17.6 Å². The van der Waals surface area contributed by atoms with Gasteiger partial charge >= 0.3 is 5.97 Å². The topological polar surface area (TPSA) is 99.5 Å². The van der Waals surface area contributed by atoms with Crippen molar-refractivity contribution in [1.29, 1.82) is 0 Å². The summed E-state index contributed by atoms with van der Waals surface area (Å²) in [4.78, 5) is 26.2. The van der Waals surface area contributed by atoms with Crippen LogP contribution in [0, 0.1) is 5.82 Å². The van der Waals surface area contributed by atoms with E-state index in [1.165, 1.54) is 12.3 Å². The molecule has 1 heterocycles. The fraction of sp³-hybridized carbons (Fsp3) is 0. The van der Waals surface area contributed by atoms with E-state index in [9.17, 15) is 19.1 Å². The lowest BCUT2D eigenvalue weighted by molar-refractivity contribution is 0.0693. The third-order valence-electron chi connectivity index (χ3n) is 2.45. The predicted molar refractivity (Wildman–Crippen MR) is 67.2 cm³/mol. The predicted octanol–water partition coefficient (Wildman–Crippen LogP) is 1.88. The van der Waals surface area contributed by atoms with Crippen LogP contribution in [0.5, 0.6) is 5.75 Å². The Kier molecular flexibility index (Phi) is 3.60. The number of phenols is 1. The molecule has 0 atom stereocenters. The maximum Gasteiger partial charge on any atom is 0.339 e. The summed E-state index contributed by atoms with van der Waals surface area (Å²) >= 11 is 0. The summed E-state index contributed by atoms with van der Waals surface area (Å²) in [5, 5.41) is 20.6. The molecule has 1 aromatic heterocycles. The van der Waals surface area contributed by atoms with Crippen molar-refractivity contribution in [3.05, 3.63) is 53.6 Å². The average Bonchev–Trinajstić information content (AvgIpc) is 2.40. The Morgan fingerprint density at radius 3 is 2.60 bits per heavy atom. The van der Waals surface area contributed by atoms with Crippen LogP contribution >= 0.6 is 0 Å². The summed E-state index contributed by atoms with van der Waals surface area (Å²) in [6.45, 7) is 0. The van der Waals surface area contributed by atoms with Crippen LogP contribution in [-0.2, 0) is 0 Å². The monoisotopic (exact) mass is 276 g/mol. The van der Waals surface area contributed by atoms with E-state index in [4.69, 9.17) is 5.11 Å². The van der Waals surface area contributed by atoms with E-state index in [-0.39, 0.29) is 16.8 Å². The minimum Gasteiger partial charge on any atom is -0.507 e. The Bertz CT molecular complexity index is 688. The first kappa shape index (κ1) is 13.5. The highest BCUT2D eigenvalue weighted by atomic mass is 19.1. The summed E-state index contributed by atoms with van der Waals surface area (Å²) in [6.07, 6.45) is 2.14. The number of carbonyl (C=O) groups is 2. The number of nitrogens with one attached hydrogen (secondary N) is 1. The lowest BCUT2D eigenvalue weighted by Crippen LogP contribution is -2.13. The number of aromatic carboxylic acids is 1. The average molecular weight is 276 g/mol. The maximum atomic E-state index is 12.9. The number of carbonyl (C=O) groups excluding carboxylic acids is 1. The summed E-state index contributed by atoms with van der Waals surface area (Å²) in [6, 6.07) is 4.57. The number of aromatic hydroxyl groups is 1. The lowest BCUT2D eigenvalue weighted by Gasteiger charge is -2.07. The molecule has 1 amide bonds. The molecule has 3 N–H and O–H groups in total. The summed E-state index contributed by atoms with van der Waals surface area (Å²) in [5.41, 5.74) is -0.190. The molecule has 0 bridgehead atoms. The number of amides is 1. The number of rotatable bonds is 3. The van der Waals surface area contributed by atoms with Gasteiger partial charge in [0.1, 0.15) is 17.1 Å². The van der Waals surface area contributed by atoms with Crippen molar-refractivity contribution in [3.8, 4) is 5.75 Å². The van der Waals surface area contributed by atoms with Crippen LogP contribution in [0.15, 0.2) is 36.7 Å². The van der Waals surface area contributed by atoms with Crippen LogP contribution < -0.4 is 5.32 Å². The zero-order valence-corrected chi connectivity index (χ0v) is 10.0. The van der Waals surface area contributed by atoms with Gasteiger partial charge in [0, 0.05) is 11.9 Å². The van der Waals surface area contributed by atoms with Gasteiger partial charge in [-0.05, 0) is 24.3 Å². The normalized spacial score (nSPS) is 10.1. The van der Waals surface area contributed by atoms with Gasteiger partial charge in [0.05, 0.1) is 11.8 Å². The van der Waals surface area contributed by atoms with Crippen LogP contribution in [0.3, 0.4) is 0 Å². The third-order valence-corrected chi connectivity index (χ3v) is 2.45. The van der Waals surface area contributed by atoms with Crippen LogP contribution in [0.1, 0.15) is 20.7 Å². The number of aromatic nitrogens is 1. The molecule has 0 radical (unpaired) electrons. The number of anilines is 1. The molecule has 0 aliphatic rings. The highest BCUT2D eigenvalue weighted by Crippen LogP contribution is 2.21. The summed E-state index contributed by atoms with van der Waals surface area (Å²) in [7, 11) is 0. The molecule has 0 fully saturated rings. The van der Waals surface area contributed by atoms with Gasteiger partial charge in [0.25, 0.3) is 5.91 Å². The Morgan fingerprint density at radius 1 is 1.20 bits per heavy atom. The molecule has 102 valence electrons. The zero-order valence-electron chi connectivity index (χ0n) is 10.0. The van der Waals surface area contributed by atoms with Crippen molar-refractivity contribution in [2.45, 2.75) is 0 Å². The summed E-state index contributed by atoms with van der Waals surface area (Å²) in [5.74, 6) is -3.04. The van der Waals surface area contributed by atoms with E-state index in [0.717, 1.165) is 24.4 Å². The fourth-order valence-electron chi connectivity index (χ4n) is 1.52. The Morgan fingerprint density at radius 2 is 1.95 bits per heavy atom. The fourth-order valence-corrected chi connectivity index (χ4v) is 1.52. The second-order valence-corrected chi connectivity index (χ2v) is 3.88. The van der Waals surface area contributed by atoms with Gasteiger partial charge in [0.15, 0.2) is 0 Å².